The molecule has 1 fully saturated rings. The number of amides is 2. The summed E-state index contributed by atoms with van der Waals surface area (Å²) in [5.74, 6) is 0.0313. The highest BCUT2D eigenvalue weighted by atomic mass is 35.5. The van der Waals surface area contributed by atoms with E-state index < -0.39 is 12.1 Å². The van der Waals surface area contributed by atoms with Crippen LogP contribution in [-0.4, -0.2) is 23.9 Å². The van der Waals surface area contributed by atoms with Gasteiger partial charge in [-0.2, -0.15) is 0 Å². The van der Waals surface area contributed by atoms with Crippen LogP contribution in [0.1, 0.15) is 27.2 Å². The summed E-state index contributed by atoms with van der Waals surface area (Å²) >= 11 is 11.9. The van der Waals surface area contributed by atoms with Crippen molar-refractivity contribution < 1.29 is 9.59 Å². The van der Waals surface area contributed by atoms with Crippen LogP contribution >= 0.6 is 23.2 Å². The van der Waals surface area contributed by atoms with Gasteiger partial charge >= 0.3 is 0 Å². The van der Waals surface area contributed by atoms with Crippen LogP contribution in [0.2, 0.25) is 10.0 Å². The van der Waals surface area contributed by atoms with Gasteiger partial charge in [-0.3, -0.25) is 14.5 Å². The molecule has 1 saturated heterocycles. The minimum Gasteiger partial charge on any atom is -0.342 e. The molecular formula is C15H18Cl2N2O2. The summed E-state index contributed by atoms with van der Waals surface area (Å²) in [4.78, 5) is 26.2. The zero-order valence-electron chi connectivity index (χ0n) is 12.2. The van der Waals surface area contributed by atoms with E-state index in [0.29, 0.717) is 28.1 Å². The Morgan fingerprint density at radius 2 is 1.90 bits per heavy atom. The lowest BCUT2D eigenvalue weighted by molar-refractivity contribution is -0.133. The summed E-state index contributed by atoms with van der Waals surface area (Å²) in [6.45, 7) is 5.73. The molecule has 2 unspecified atom stereocenters. The molecule has 0 aromatic heterocycles. The summed E-state index contributed by atoms with van der Waals surface area (Å²) in [7, 11) is 0. The first kappa shape index (κ1) is 16.1. The molecule has 1 N–H and O–H groups in total. The Labute approximate surface area is 134 Å². The van der Waals surface area contributed by atoms with E-state index in [1.54, 1.807) is 25.1 Å². The van der Waals surface area contributed by atoms with E-state index in [2.05, 4.69) is 5.32 Å². The van der Waals surface area contributed by atoms with Gasteiger partial charge in [-0.15, -0.1) is 0 Å². The highest BCUT2D eigenvalue weighted by molar-refractivity contribution is 6.42. The molecule has 0 radical (unpaired) electrons. The first-order valence-corrected chi connectivity index (χ1v) is 7.65. The molecule has 4 nitrogen and oxygen atoms in total. The van der Waals surface area contributed by atoms with Gasteiger partial charge in [0.2, 0.25) is 11.8 Å². The molecule has 0 saturated carbocycles. The predicted molar refractivity (Wildman–Crippen MR) is 84.8 cm³/mol. The lowest BCUT2D eigenvalue weighted by Crippen LogP contribution is -2.63. The van der Waals surface area contributed by atoms with Crippen molar-refractivity contribution in [1.29, 1.82) is 0 Å². The molecule has 6 heteroatoms. The molecule has 21 heavy (non-hydrogen) atoms. The number of anilines is 1. The number of piperazine rings is 1. The van der Waals surface area contributed by atoms with Gasteiger partial charge in [0.1, 0.15) is 12.1 Å². The quantitative estimate of drug-likeness (QED) is 0.925. The number of benzene rings is 1. The Hall–Kier alpha value is -1.26. The van der Waals surface area contributed by atoms with E-state index in [0.717, 1.165) is 0 Å². The molecule has 1 heterocycles. The van der Waals surface area contributed by atoms with Crippen LogP contribution in [0.5, 0.6) is 0 Å². The van der Waals surface area contributed by atoms with Gasteiger partial charge in [0.05, 0.1) is 10.0 Å². The predicted octanol–water partition coefficient (Wildman–Crippen LogP) is 3.26. The minimum absolute atomic E-state index is 0.116. The average Bonchev–Trinajstić information content (AvgIpc) is 2.40. The van der Waals surface area contributed by atoms with Gasteiger partial charge in [0, 0.05) is 5.69 Å². The van der Waals surface area contributed by atoms with Crippen molar-refractivity contribution in [3.8, 4) is 0 Å². The van der Waals surface area contributed by atoms with Crippen molar-refractivity contribution in [2.75, 3.05) is 4.90 Å². The summed E-state index contributed by atoms with van der Waals surface area (Å²) in [6.07, 6.45) is 0.606. The van der Waals surface area contributed by atoms with Gasteiger partial charge in [0.15, 0.2) is 0 Å². The molecule has 1 aromatic rings. The number of nitrogens with zero attached hydrogens (tertiary/aromatic N) is 1. The van der Waals surface area contributed by atoms with Gasteiger partial charge in [-0.1, -0.05) is 37.0 Å². The van der Waals surface area contributed by atoms with Crippen LogP contribution in [0, 0.1) is 5.92 Å². The molecule has 2 amide bonds. The maximum Gasteiger partial charge on any atom is 0.250 e. The maximum absolute atomic E-state index is 12.6. The van der Waals surface area contributed by atoms with Crippen molar-refractivity contribution in [3.63, 3.8) is 0 Å². The van der Waals surface area contributed by atoms with Crippen molar-refractivity contribution in [2.45, 2.75) is 39.3 Å². The third-order valence-corrected chi connectivity index (χ3v) is 4.25. The second-order valence-electron chi connectivity index (χ2n) is 5.67. The van der Waals surface area contributed by atoms with Gasteiger partial charge in [0.25, 0.3) is 0 Å². The van der Waals surface area contributed by atoms with Crippen molar-refractivity contribution in [1.82, 2.24) is 5.32 Å². The van der Waals surface area contributed by atoms with Crippen molar-refractivity contribution >= 4 is 40.7 Å². The molecular weight excluding hydrogens is 311 g/mol. The Kier molecular flexibility index (Phi) is 4.79. The van der Waals surface area contributed by atoms with Crippen molar-refractivity contribution in [3.05, 3.63) is 28.2 Å². The second kappa shape index (κ2) is 6.24. The highest BCUT2D eigenvalue weighted by Crippen LogP contribution is 2.30. The first-order chi connectivity index (χ1) is 9.81. The largest absolute Gasteiger partial charge is 0.342 e. The molecule has 1 aliphatic rings. The highest BCUT2D eigenvalue weighted by Gasteiger charge is 2.39. The van der Waals surface area contributed by atoms with Gasteiger partial charge in [-0.05, 0) is 37.5 Å². The Morgan fingerprint density at radius 1 is 1.24 bits per heavy atom. The topological polar surface area (TPSA) is 49.4 Å². The molecule has 2 rings (SSSR count). The van der Waals surface area contributed by atoms with Gasteiger partial charge in [-0.25, -0.2) is 0 Å². The molecule has 0 aliphatic carbocycles. The van der Waals surface area contributed by atoms with Crippen LogP contribution in [-0.2, 0) is 9.59 Å². The van der Waals surface area contributed by atoms with E-state index >= 15 is 0 Å². The Bertz CT molecular complexity index is 575. The van der Waals surface area contributed by atoms with Crippen molar-refractivity contribution in [2.24, 2.45) is 5.92 Å². The van der Waals surface area contributed by atoms with Gasteiger partial charge < -0.3 is 5.32 Å². The lowest BCUT2D eigenvalue weighted by Gasteiger charge is -2.38. The SMILES string of the molecule is CC(C)CC1NC(=O)C(C)N(c2ccc(Cl)c(Cl)c2)C1=O. The zero-order chi connectivity index (χ0) is 15.7. The average molecular weight is 329 g/mol. The number of nitrogens with one attached hydrogen (secondary N) is 1. The summed E-state index contributed by atoms with van der Waals surface area (Å²) in [5.41, 5.74) is 0.588. The molecule has 1 aliphatic heterocycles. The third kappa shape index (κ3) is 3.33. The zero-order valence-corrected chi connectivity index (χ0v) is 13.7. The van der Waals surface area contributed by atoms with Crippen LogP contribution in [0.3, 0.4) is 0 Å². The summed E-state index contributed by atoms with van der Waals surface area (Å²) < 4.78 is 0. The maximum atomic E-state index is 12.6. The fourth-order valence-corrected chi connectivity index (χ4v) is 2.74. The minimum atomic E-state index is -0.571. The van der Waals surface area contributed by atoms with Crippen LogP contribution in [0.25, 0.3) is 0 Å². The molecule has 2 atom stereocenters. The van der Waals surface area contributed by atoms with E-state index in [-0.39, 0.29) is 11.8 Å². The van der Waals surface area contributed by atoms with Crippen LogP contribution < -0.4 is 10.2 Å². The van der Waals surface area contributed by atoms with E-state index in [1.165, 1.54) is 4.90 Å². The van der Waals surface area contributed by atoms with E-state index in [4.69, 9.17) is 23.2 Å². The summed E-state index contributed by atoms with van der Waals surface area (Å²) in [6, 6.07) is 3.88. The Balaban J connectivity index is 2.36. The Morgan fingerprint density at radius 3 is 2.48 bits per heavy atom. The number of carbonyl (C=O) groups excluding carboxylic acids is 2. The second-order valence-corrected chi connectivity index (χ2v) is 6.49. The van der Waals surface area contributed by atoms with Crippen LogP contribution in [0.15, 0.2) is 18.2 Å². The molecule has 0 bridgehead atoms. The number of halogens is 2. The molecule has 1 aromatic carbocycles. The van der Waals surface area contributed by atoms with Crippen LogP contribution in [0.4, 0.5) is 5.69 Å². The number of hydrogen-bond acceptors (Lipinski definition) is 2. The van der Waals surface area contributed by atoms with E-state index in [1.807, 2.05) is 13.8 Å². The third-order valence-electron chi connectivity index (χ3n) is 3.51. The monoisotopic (exact) mass is 328 g/mol. The lowest BCUT2D eigenvalue weighted by atomic mass is 9.98. The molecule has 114 valence electrons. The first-order valence-electron chi connectivity index (χ1n) is 6.89. The molecule has 0 spiro atoms. The standard InChI is InChI=1S/C15H18Cl2N2O2/c1-8(2)6-13-15(21)19(9(3)14(20)18-13)10-4-5-11(16)12(17)7-10/h4-5,7-9,13H,6H2,1-3H3,(H,18,20). The number of carbonyl (C=O) groups is 2. The smallest absolute Gasteiger partial charge is 0.250 e. The van der Waals surface area contributed by atoms with E-state index in [9.17, 15) is 9.59 Å². The fraction of sp³-hybridized carbons (Fsp3) is 0.467. The summed E-state index contributed by atoms with van der Waals surface area (Å²) in [5, 5.41) is 3.56. The normalized spacial score (nSPS) is 22.7. The fourth-order valence-electron chi connectivity index (χ4n) is 2.45. The number of rotatable bonds is 3. The number of hydrogen-bond donors (Lipinski definition) is 1.